The Morgan fingerprint density at radius 2 is 1.78 bits per heavy atom. The Labute approximate surface area is 115 Å². The number of hydrogen-bond acceptors (Lipinski definition) is 2. The summed E-state index contributed by atoms with van der Waals surface area (Å²) in [6, 6.07) is 8.75. The first-order valence-electron chi connectivity index (χ1n) is 6.64. The van der Waals surface area contributed by atoms with Crippen molar-refractivity contribution in [2.24, 2.45) is 5.92 Å². The van der Waals surface area contributed by atoms with Gasteiger partial charge in [-0.1, -0.05) is 37.6 Å². The van der Waals surface area contributed by atoms with E-state index in [0.29, 0.717) is 18.0 Å². The summed E-state index contributed by atoms with van der Waals surface area (Å²) in [5.41, 5.74) is 1.28. The minimum absolute atomic E-state index is 0.240. The number of aliphatic hydroxyl groups is 1. The molecule has 0 aliphatic carbocycles. The van der Waals surface area contributed by atoms with Crippen molar-refractivity contribution in [1.82, 2.24) is 5.32 Å². The van der Waals surface area contributed by atoms with Crippen LogP contribution in [0.5, 0.6) is 0 Å². The van der Waals surface area contributed by atoms with E-state index in [2.05, 4.69) is 38.2 Å². The third kappa shape index (κ3) is 5.38. The van der Waals surface area contributed by atoms with Crippen LogP contribution >= 0.6 is 11.6 Å². The van der Waals surface area contributed by atoms with E-state index in [9.17, 15) is 0 Å². The lowest BCUT2D eigenvalue weighted by Crippen LogP contribution is -2.41. The molecule has 0 saturated heterocycles. The Kier molecular flexibility index (Phi) is 6.69. The molecule has 2 unspecified atom stereocenters. The summed E-state index contributed by atoms with van der Waals surface area (Å²) in [4.78, 5) is 0. The van der Waals surface area contributed by atoms with Gasteiger partial charge in [-0.2, -0.15) is 0 Å². The molecular formula is C15H24ClNO. The molecule has 2 atom stereocenters. The zero-order valence-corrected chi connectivity index (χ0v) is 12.2. The Bertz CT molecular complexity index is 337. The molecule has 0 amide bonds. The molecule has 0 radical (unpaired) electrons. The largest absolute Gasteiger partial charge is 0.396 e. The van der Waals surface area contributed by atoms with Crippen molar-refractivity contribution in [3.8, 4) is 0 Å². The maximum atomic E-state index is 9.06. The van der Waals surface area contributed by atoms with Crippen LogP contribution in [-0.2, 0) is 6.42 Å². The topological polar surface area (TPSA) is 32.3 Å². The van der Waals surface area contributed by atoms with E-state index in [1.54, 1.807) is 0 Å². The molecule has 0 aliphatic rings. The van der Waals surface area contributed by atoms with Crippen molar-refractivity contribution >= 4 is 11.6 Å². The summed E-state index contributed by atoms with van der Waals surface area (Å²) in [7, 11) is 0. The quantitative estimate of drug-likeness (QED) is 0.796. The van der Waals surface area contributed by atoms with Crippen molar-refractivity contribution in [2.45, 2.75) is 45.7 Å². The smallest absolute Gasteiger partial charge is 0.0445 e. The monoisotopic (exact) mass is 269 g/mol. The molecule has 18 heavy (non-hydrogen) atoms. The van der Waals surface area contributed by atoms with Gasteiger partial charge in [-0.25, -0.2) is 0 Å². The normalized spacial score (nSPS) is 14.8. The Hall–Kier alpha value is -0.570. The van der Waals surface area contributed by atoms with E-state index in [-0.39, 0.29) is 6.61 Å². The van der Waals surface area contributed by atoms with Crippen LogP contribution in [-0.4, -0.2) is 23.8 Å². The molecule has 2 nitrogen and oxygen atoms in total. The predicted molar refractivity (Wildman–Crippen MR) is 78.1 cm³/mol. The summed E-state index contributed by atoms with van der Waals surface area (Å²) in [5.74, 6) is 0.532. The first kappa shape index (κ1) is 15.5. The average molecular weight is 270 g/mol. The highest BCUT2D eigenvalue weighted by Gasteiger charge is 2.15. The van der Waals surface area contributed by atoms with Gasteiger partial charge in [-0.15, -0.1) is 0 Å². The number of nitrogens with one attached hydrogen (secondary N) is 1. The van der Waals surface area contributed by atoms with Gasteiger partial charge in [0, 0.05) is 23.7 Å². The lowest BCUT2D eigenvalue weighted by atomic mass is 9.99. The maximum Gasteiger partial charge on any atom is 0.0445 e. The van der Waals surface area contributed by atoms with Crippen LogP contribution in [0.25, 0.3) is 0 Å². The van der Waals surface area contributed by atoms with Gasteiger partial charge in [0.2, 0.25) is 0 Å². The number of rotatable bonds is 7. The van der Waals surface area contributed by atoms with Crippen molar-refractivity contribution in [3.63, 3.8) is 0 Å². The van der Waals surface area contributed by atoms with Crippen LogP contribution in [0.1, 0.15) is 32.8 Å². The third-order valence-corrected chi connectivity index (χ3v) is 3.45. The zero-order valence-electron chi connectivity index (χ0n) is 11.5. The van der Waals surface area contributed by atoms with Crippen LogP contribution in [0.2, 0.25) is 5.02 Å². The SMILES string of the molecule is CC(Cc1ccc(Cl)cc1)NC(CCO)C(C)C. The fourth-order valence-electron chi connectivity index (χ4n) is 2.15. The van der Waals surface area contributed by atoms with Gasteiger partial charge < -0.3 is 10.4 Å². The van der Waals surface area contributed by atoms with Gasteiger partial charge in [-0.05, 0) is 43.4 Å². The van der Waals surface area contributed by atoms with Crippen molar-refractivity contribution in [3.05, 3.63) is 34.9 Å². The summed E-state index contributed by atoms with van der Waals surface area (Å²) >= 11 is 5.87. The number of aliphatic hydroxyl groups excluding tert-OH is 1. The molecule has 1 aromatic rings. The second-order valence-corrected chi connectivity index (χ2v) is 5.70. The van der Waals surface area contributed by atoms with E-state index < -0.39 is 0 Å². The summed E-state index contributed by atoms with van der Waals surface area (Å²) in [5, 5.41) is 13.4. The standard InChI is InChI=1S/C15H24ClNO/c1-11(2)15(8-9-18)17-12(3)10-13-4-6-14(16)7-5-13/h4-7,11-12,15,17-18H,8-10H2,1-3H3. The highest BCUT2D eigenvalue weighted by Crippen LogP contribution is 2.12. The molecule has 102 valence electrons. The van der Waals surface area contributed by atoms with Crippen LogP contribution in [0.3, 0.4) is 0 Å². The van der Waals surface area contributed by atoms with Gasteiger partial charge in [-0.3, -0.25) is 0 Å². The summed E-state index contributed by atoms with van der Waals surface area (Å²) in [6.07, 6.45) is 1.79. The average Bonchev–Trinajstić information content (AvgIpc) is 2.31. The van der Waals surface area contributed by atoms with E-state index in [4.69, 9.17) is 16.7 Å². The van der Waals surface area contributed by atoms with Gasteiger partial charge >= 0.3 is 0 Å². The first-order valence-corrected chi connectivity index (χ1v) is 7.02. The predicted octanol–water partition coefficient (Wildman–Crippen LogP) is 3.27. The second kappa shape index (κ2) is 7.78. The lowest BCUT2D eigenvalue weighted by molar-refractivity contribution is 0.236. The highest BCUT2D eigenvalue weighted by atomic mass is 35.5. The van der Waals surface area contributed by atoms with Crippen LogP contribution in [0.15, 0.2) is 24.3 Å². The van der Waals surface area contributed by atoms with E-state index in [1.807, 2.05) is 12.1 Å². The molecule has 0 aliphatic heterocycles. The number of halogens is 1. The minimum Gasteiger partial charge on any atom is -0.396 e. The fraction of sp³-hybridized carbons (Fsp3) is 0.600. The van der Waals surface area contributed by atoms with Crippen LogP contribution in [0.4, 0.5) is 0 Å². The molecule has 3 heteroatoms. The Balaban J connectivity index is 2.49. The Morgan fingerprint density at radius 3 is 2.28 bits per heavy atom. The van der Waals surface area contributed by atoms with E-state index in [0.717, 1.165) is 17.9 Å². The number of benzene rings is 1. The molecule has 0 bridgehead atoms. The minimum atomic E-state index is 0.240. The third-order valence-electron chi connectivity index (χ3n) is 3.20. The molecule has 0 aromatic heterocycles. The summed E-state index contributed by atoms with van der Waals surface area (Å²) < 4.78 is 0. The molecule has 1 rings (SSSR count). The van der Waals surface area contributed by atoms with Gasteiger partial charge in [0.05, 0.1) is 0 Å². The Morgan fingerprint density at radius 1 is 1.17 bits per heavy atom. The van der Waals surface area contributed by atoms with E-state index >= 15 is 0 Å². The second-order valence-electron chi connectivity index (χ2n) is 5.26. The molecular weight excluding hydrogens is 246 g/mol. The molecule has 2 N–H and O–H groups in total. The fourth-order valence-corrected chi connectivity index (χ4v) is 2.27. The molecule has 0 spiro atoms. The summed E-state index contributed by atoms with van der Waals surface area (Å²) in [6.45, 7) is 6.79. The maximum absolute atomic E-state index is 9.06. The van der Waals surface area contributed by atoms with E-state index in [1.165, 1.54) is 5.56 Å². The molecule has 0 heterocycles. The van der Waals surface area contributed by atoms with Crippen molar-refractivity contribution in [1.29, 1.82) is 0 Å². The van der Waals surface area contributed by atoms with Crippen LogP contribution < -0.4 is 5.32 Å². The lowest BCUT2D eigenvalue weighted by Gasteiger charge is -2.26. The molecule has 0 saturated carbocycles. The van der Waals surface area contributed by atoms with Crippen molar-refractivity contribution in [2.75, 3.05) is 6.61 Å². The van der Waals surface area contributed by atoms with Gasteiger partial charge in [0.25, 0.3) is 0 Å². The van der Waals surface area contributed by atoms with Gasteiger partial charge in [0.15, 0.2) is 0 Å². The highest BCUT2D eigenvalue weighted by molar-refractivity contribution is 6.30. The zero-order chi connectivity index (χ0) is 13.5. The molecule has 0 fully saturated rings. The molecule has 1 aromatic carbocycles. The first-order chi connectivity index (χ1) is 8.52. The van der Waals surface area contributed by atoms with Crippen molar-refractivity contribution < 1.29 is 5.11 Å². The number of hydrogen-bond donors (Lipinski definition) is 2. The van der Waals surface area contributed by atoms with Gasteiger partial charge in [0.1, 0.15) is 0 Å². The van der Waals surface area contributed by atoms with Crippen LogP contribution in [0, 0.1) is 5.92 Å².